The molecule has 0 spiro atoms. The van der Waals surface area contributed by atoms with Crippen molar-refractivity contribution in [3.8, 4) is 0 Å². The van der Waals surface area contributed by atoms with E-state index in [0.717, 1.165) is 73.0 Å². The van der Waals surface area contributed by atoms with Crippen LogP contribution >= 0.6 is 11.8 Å². The summed E-state index contributed by atoms with van der Waals surface area (Å²) in [7, 11) is 0. The van der Waals surface area contributed by atoms with Gasteiger partial charge in [-0.1, -0.05) is 102 Å². The van der Waals surface area contributed by atoms with Gasteiger partial charge in [-0.15, -0.1) is 0 Å². The molecule has 2 aliphatic heterocycles. The zero-order valence-corrected chi connectivity index (χ0v) is 26.6. The lowest BCUT2D eigenvalue weighted by molar-refractivity contribution is -0.114. The van der Waals surface area contributed by atoms with Crippen LogP contribution < -0.4 is 10.2 Å². The molecule has 6 nitrogen and oxygen atoms in total. The van der Waals surface area contributed by atoms with Crippen molar-refractivity contribution in [2.24, 2.45) is 0 Å². The summed E-state index contributed by atoms with van der Waals surface area (Å²) in [5.41, 5.74) is 5.89. The fraction of sp³-hybridized carbons (Fsp3) is 0.263. The summed E-state index contributed by atoms with van der Waals surface area (Å²) in [6.07, 6.45) is 2.85. The number of aryl methyl sites for hydroxylation is 1. The van der Waals surface area contributed by atoms with Gasteiger partial charge in [-0.3, -0.25) is 14.5 Å². The molecule has 1 fully saturated rings. The zero-order chi connectivity index (χ0) is 31.0. The third-order valence-corrected chi connectivity index (χ3v) is 9.44. The Labute approximate surface area is 270 Å². The molecule has 1 N–H and O–H groups in total. The molecule has 2 aliphatic rings. The number of nitrogens with zero attached hydrogens (tertiary/aromatic N) is 3. The van der Waals surface area contributed by atoms with E-state index in [2.05, 4.69) is 64.5 Å². The number of rotatable bonds is 10. The molecule has 0 saturated carbocycles. The van der Waals surface area contributed by atoms with Crippen molar-refractivity contribution in [3.05, 3.63) is 136 Å². The summed E-state index contributed by atoms with van der Waals surface area (Å²) in [6.45, 7) is 9.31. The van der Waals surface area contributed by atoms with Crippen molar-refractivity contribution in [1.29, 1.82) is 0 Å². The van der Waals surface area contributed by atoms with Crippen LogP contribution in [0.5, 0.6) is 0 Å². The van der Waals surface area contributed by atoms with Crippen LogP contribution in [0.4, 0.5) is 5.69 Å². The summed E-state index contributed by atoms with van der Waals surface area (Å²) in [6, 6.07) is 34.5. The van der Waals surface area contributed by atoms with Gasteiger partial charge in [0.05, 0.1) is 17.1 Å². The second-order valence-electron chi connectivity index (χ2n) is 11.8. The average Bonchev–Trinajstić information content (AvgIpc) is 3.06. The number of thioether (sulfide) groups is 1. The topological polar surface area (TPSA) is 55.9 Å². The maximum absolute atomic E-state index is 13.9. The van der Waals surface area contributed by atoms with Crippen LogP contribution in [0.3, 0.4) is 0 Å². The van der Waals surface area contributed by atoms with Crippen molar-refractivity contribution in [1.82, 2.24) is 15.1 Å². The van der Waals surface area contributed by atoms with Crippen LogP contribution in [-0.2, 0) is 17.9 Å². The number of nitrogens with one attached hydrogen (secondary N) is 1. The van der Waals surface area contributed by atoms with Gasteiger partial charge in [0.15, 0.2) is 0 Å². The second kappa shape index (κ2) is 14.7. The molecule has 0 aliphatic carbocycles. The quantitative estimate of drug-likeness (QED) is 0.161. The summed E-state index contributed by atoms with van der Waals surface area (Å²) < 4.78 is 0. The van der Waals surface area contributed by atoms with Gasteiger partial charge in [0.25, 0.3) is 11.8 Å². The van der Waals surface area contributed by atoms with E-state index in [0.29, 0.717) is 23.6 Å². The van der Waals surface area contributed by atoms with E-state index < -0.39 is 0 Å². The van der Waals surface area contributed by atoms with Gasteiger partial charge < -0.3 is 15.1 Å². The van der Waals surface area contributed by atoms with E-state index in [-0.39, 0.29) is 11.8 Å². The molecule has 0 unspecified atom stereocenters. The SMILES string of the molecule is Cc1cccc(CN2C(=O)C(=Cc3ccccc3)Sc3ccc(C(=O)NCCCN4CCN(Cc5ccccc5)CC4)cc32)c1. The minimum Gasteiger partial charge on any atom is -0.352 e. The number of benzene rings is 4. The van der Waals surface area contributed by atoms with Gasteiger partial charge in [-0.25, -0.2) is 0 Å². The standard InChI is InChI=1S/C38H40N4O2S/c1-29-10-8-15-32(24-29)28-42-34-26-33(16-17-35(34)45-36(38(42)44)25-30-11-4-2-5-12-30)37(43)39-18-9-19-40-20-22-41(23-21-40)27-31-13-6-3-7-14-31/h2-8,10-17,24-26H,9,18-23,27-28H2,1H3,(H,39,43). The predicted octanol–water partition coefficient (Wildman–Crippen LogP) is 6.61. The maximum Gasteiger partial charge on any atom is 0.265 e. The first-order chi connectivity index (χ1) is 22.0. The summed E-state index contributed by atoms with van der Waals surface area (Å²) in [5.74, 6) is -0.164. The lowest BCUT2D eigenvalue weighted by Crippen LogP contribution is -2.46. The Balaban J connectivity index is 1.07. The molecule has 0 aromatic heterocycles. The molecule has 4 aromatic carbocycles. The fourth-order valence-electron chi connectivity index (χ4n) is 5.92. The van der Waals surface area contributed by atoms with E-state index in [1.807, 2.05) is 71.6 Å². The minimum absolute atomic E-state index is 0.0562. The molecule has 6 rings (SSSR count). The Morgan fingerprint density at radius 1 is 0.800 bits per heavy atom. The second-order valence-corrected chi connectivity index (χ2v) is 12.9. The maximum atomic E-state index is 13.9. The smallest absolute Gasteiger partial charge is 0.265 e. The van der Waals surface area contributed by atoms with Crippen molar-refractivity contribution in [2.45, 2.75) is 31.3 Å². The highest BCUT2D eigenvalue weighted by Gasteiger charge is 2.30. The molecule has 45 heavy (non-hydrogen) atoms. The number of amides is 2. The Morgan fingerprint density at radius 2 is 1.51 bits per heavy atom. The van der Waals surface area contributed by atoms with Gasteiger partial charge in [-0.2, -0.15) is 0 Å². The van der Waals surface area contributed by atoms with Gasteiger partial charge >= 0.3 is 0 Å². The fourth-order valence-corrected chi connectivity index (χ4v) is 6.96. The molecule has 2 amide bonds. The van der Waals surface area contributed by atoms with Crippen LogP contribution in [-0.4, -0.2) is 60.9 Å². The highest BCUT2D eigenvalue weighted by molar-refractivity contribution is 8.04. The van der Waals surface area contributed by atoms with Gasteiger partial charge in [0, 0.05) is 49.7 Å². The van der Waals surface area contributed by atoms with Crippen LogP contribution in [0.15, 0.2) is 113 Å². The number of piperazine rings is 1. The Morgan fingerprint density at radius 3 is 2.27 bits per heavy atom. The third-order valence-electron chi connectivity index (χ3n) is 8.36. The van der Waals surface area contributed by atoms with Gasteiger partial charge in [-0.05, 0) is 60.9 Å². The van der Waals surface area contributed by atoms with Gasteiger partial charge in [0.2, 0.25) is 0 Å². The Kier molecular flexibility index (Phi) is 10.1. The van der Waals surface area contributed by atoms with E-state index in [1.54, 1.807) is 0 Å². The van der Waals surface area contributed by atoms with E-state index in [4.69, 9.17) is 0 Å². The zero-order valence-electron chi connectivity index (χ0n) is 25.8. The predicted molar refractivity (Wildman–Crippen MR) is 184 cm³/mol. The molecular weight excluding hydrogens is 577 g/mol. The van der Waals surface area contributed by atoms with Crippen LogP contribution in [0.1, 0.15) is 39.0 Å². The lowest BCUT2D eigenvalue weighted by Gasteiger charge is -2.34. The Bertz CT molecular complexity index is 1650. The number of fused-ring (bicyclic) bond motifs is 1. The number of anilines is 1. The summed E-state index contributed by atoms with van der Waals surface area (Å²) >= 11 is 1.46. The summed E-state index contributed by atoms with van der Waals surface area (Å²) in [5, 5.41) is 3.11. The van der Waals surface area contributed by atoms with Crippen LogP contribution in [0, 0.1) is 6.92 Å². The number of carbonyl (C=O) groups is 2. The monoisotopic (exact) mass is 616 g/mol. The molecule has 0 atom stereocenters. The van der Waals surface area contributed by atoms with Crippen LogP contribution in [0.2, 0.25) is 0 Å². The van der Waals surface area contributed by atoms with E-state index >= 15 is 0 Å². The van der Waals surface area contributed by atoms with Gasteiger partial charge in [0.1, 0.15) is 0 Å². The van der Waals surface area contributed by atoms with Crippen molar-refractivity contribution < 1.29 is 9.59 Å². The molecule has 2 heterocycles. The molecule has 0 bridgehead atoms. The summed E-state index contributed by atoms with van der Waals surface area (Å²) in [4.78, 5) is 35.5. The van der Waals surface area contributed by atoms with Crippen LogP contribution in [0.25, 0.3) is 6.08 Å². The number of hydrogen-bond acceptors (Lipinski definition) is 5. The number of carbonyl (C=O) groups excluding carboxylic acids is 2. The number of hydrogen-bond donors (Lipinski definition) is 1. The average molecular weight is 617 g/mol. The first-order valence-corrected chi connectivity index (χ1v) is 16.6. The minimum atomic E-state index is -0.107. The normalized spacial score (nSPS) is 16.5. The first kappa shape index (κ1) is 30.8. The highest BCUT2D eigenvalue weighted by Crippen LogP contribution is 2.43. The molecule has 230 valence electrons. The molecule has 1 saturated heterocycles. The van der Waals surface area contributed by atoms with E-state index in [9.17, 15) is 9.59 Å². The first-order valence-electron chi connectivity index (χ1n) is 15.7. The third kappa shape index (κ3) is 8.11. The highest BCUT2D eigenvalue weighted by atomic mass is 32.2. The van der Waals surface area contributed by atoms with Crippen molar-refractivity contribution >= 4 is 35.3 Å². The lowest BCUT2D eigenvalue weighted by atomic mass is 10.1. The van der Waals surface area contributed by atoms with Crippen molar-refractivity contribution in [2.75, 3.05) is 44.2 Å². The Hall–Kier alpha value is -4.17. The van der Waals surface area contributed by atoms with Crippen molar-refractivity contribution in [3.63, 3.8) is 0 Å². The molecule has 4 aromatic rings. The largest absolute Gasteiger partial charge is 0.352 e. The molecular formula is C38H40N4O2S. The molecule has 7 heteroatoms. The van der Waals surface area contributed by atoms with E-state index in [1.165, 1.54) is 17.3 Å². The molecule has 0 radical (unpaired) electrons.